The summed E-state index contributed by atoms with van der Waals surface area (Å²) >= 11 is 0. The molecule has 0 atom stereocenters. The van der Waals surface area contributed by atoms with E-state index in [0.717, 1.165) is 16.4 Å². The molecule has 1 saturated heterocycles. The third-order valence-corrected chi connectivity index (χ3v) is 9.02. The van der Waals surface area contributed by atoms with Crippen LogP contribution >= 0.6 is 0 Å². The largest absolute Gasteiger partial charge is 0.406 e. The lowest BCUT2D eigenvalue weighted by atomic mass is 10.0. The second kappa shape index (κ2) is 9.84. The van der Waals surface area contributed by atoms with Gasteiger partial charge in [0.1, 0.15) is 17.3 Å². The molecule has 5 rings (SSSR count). The molecule has 0 spiro atoms. The van der Waals surface area contributed by atoms with Gasteiger partial charge in [-0.3, -0.25) is 13.9 Å². The van der Waals surface area contributed by atoms with Crippen molar-refractivity contribution < 1.29 is 30.8 Å². The number of imidazole rings is 1. The second-order valence-corrected chi connectivity index (χ2v) is 11.5. The maximum Gasteiger partial charge on any atom is 0.406 e. The van der Waals surface area contributed by atoms with Crippen LogP contribution in [0.1, 0.15) is 42.1 Å². The van der Waals surface area contributed by atoms with E-state index in [1.807, 2.05) is 0 Å². The lowest BCUT2D eigenvalue weighted by Gasteiger charge is -2.32. The number of fused-ring (bicyclic) bond motifs is 2. The van der Waals surface area contributed by atoms with Crippen molar-refractivity contribution >= 4 is 27.0 Å². The number of carbonyl (C=O) groups excluding carboxylic acids is 1. The van der Waals surface area contributed by atoms with Crippen LogP contribution in [-0.2, 0) is 16.6 Å². The summed E-state index contributed by atoms with van der Waals surface area (Å²) in [6.45, 7) is 0.430. The number of unbranched alkanes of at least 4 members (excludes halogenated alkanes) is 1. The van der Waals surface area contributed by atoms with Crippen molar-refractivity contribution in [2.45, 2.75) is 49.3 Å². The Morgan fingerprint density at radius 1 is 0.921 bits per heavy atom. The van der Waals surface area contributed by atoms with Crippen molar-refractivity contribution in [1.82, 2.24) is 18.3 Å². The molecule has 3 aromatic rings. The number of benzene rings is 2. The fourth-order valence-electron chi connectivity index (χ4n) is 5.38. The summed E-state index contributed by atoms with van der Waals surface area (Å²) in [5.74, 6) is -1.23. The minimum atomic E-state index is -4.62. The number of sulfonamides is 1. The number of halogens is 4. The van der Waals surface area contributed by atoms with Gasteiger partial charge in [0, 0.05) is 25.7 Å². The summed E-state index contributed by atoms with van der Waals surface area (Å²) in [4.78, 5) is 27.7. The summed E-state index contributed by atoms with van der Waals surface area (Å²) in [5, 5.41) is 0. The Balaban J connectivity index is 1.19. The van der Waals surface area contributed by atoms with Crippen molar-refractivity contribution in [2.75, 3.05) is 26.2 Å². The summed E-state index contributed by atoms with van der Waals surface area (Å²) in [7, 11) is -3.83. The predicted molar refractivity (Wildman–Crippen MR) is 131 cm³/mol. The highest BCUT2D eigenvalue weighted by molar-refractivity contribution is 7.90. The van der Waals surface area contributed by atoms with Gasteiger partial charge < -0.3 is 4.90 Å². The summed E-state index contributed by atoms with van der Waals surface area (Å²) in [6, 6.07) is 9.24. The van der Waals surface area contributed by atoms with E-state index < -0.39 is 40.2 Å². The number of amides is 1. The number of piperidine rings is 1. The van der Waals surface area contributed by atoms with Crippen LogP contribution in [0.2, 0.25) is 0 Å². The Morgan fingerprint density at radius 2 is 1.61 bits per heavy atom. The van der Waals surface area contributed by atoms with Gasteiger partial charge in [-0.2, -0.15) is 13.2 Å². The summed E-state index contributed by atoms with van der Waals surface area (Å²) < 4.78 is 81.3. The van der Waals surface area contributed by atoms with Crippen LogP contribution in [0.5, 0.6) is 0 Å². The molecule has 8 nitrogen and oxygen atoms in total. The minimum absolute atomic E-state index is 0.0293. The average Bonchev–Trinajstić information content (AvgIpc) is 3.23. The predicted octanol–water partition coefficient (Wildman–Crippen LogP) is 3.77. The first-order valence-corrected chi connectivity index (χ1v) is 13.8. The van der Waals surface area contributed by atoms with Gasteiger partial charge in [-0.05, 0) is 62.6 Å². The van der Waals surface area contributed by atoms with Gasteiger partial charge in [-0.15, -0.1) is 0 Å². The molecule has 1 amide bonds. The molecule has 38 heavy (non-hydrogen) atoms. The lowest BCUT2D eigenvalue weighted by molar-refractivity contribution is -0.140. The Morgan fingerprint density at radius 3 is 2.29 bits per heavy atom. The highest BCUT2D eigenvalue weighted by atomic mass is 32.2. The van der Waals surface area contributed by atoms with E-state index in [1.54, 1.807) is 12.1 Å². The van der Waals surface area contributed by atoms with Crippen LogP contribution in [0.4, 0.5) is 17.6 Å². The van der Waals surface area contributed by atoms with Gasteiger partial charge in [-0.25, -0.2) is 21.9 Å². The fraction of sp³-hybridized carbons (Fsp3) is 0.440. The maximum atomic E-state index is 13.8. The molecule has 2 aliphatic heterocycles. The van der Waals surface area contributed by atoms with E-state index >= 15 is 0 Å². The third-order valence-electron chi connectivity index (χ3n) is 7.18. The molecule has 204 valence electrons. The van der Waals surface area contributed by atoms with E-state index in [9.17, 15) is 35.6 Å². The first kappa shape index (κ1) is 26.4. The smallest absolute Gasteiger partial charge is 0.303 e. The third kappa shape index (κ3) is 4.84. The first-order chi connectivity index (χ1) is 18.0. The zero-order chi connectivity index (χ0) is 27.2. The monoisotopic (exact) mass is 554 g/mol. The van der Waals surface area contributed by atoms with Gasteiger partial charge in [-0.1, -0.05) is 12.1 Å². The number of carbonyl (C=O) groups is 1. The molecule has 0 unspecified atom stereocenters. The number of hydrogen-bond donors (Lipinski definition) is 0. The van der Waals surface area contributed by atoms with Crippen molar-refractivity contribution in [2.24, 2.45) is 0 Å². The molecule has 0 saturated carbocycles. The van der Waals surface area contributed by atoms with Crippen LogP contribution in [0.3, 0.4) is 0 Å². The van der Waals surface area contributed by atoms with Crippen molar-refractivity contribution in [3.63, 3.8) is 0 Å². The van der Waals surface area contributed by atoms with Gasteiger partial charge in [0.15, 0.2) is 0 Å². The van der Waals surface area contributed by atoms with Gasteiger partial charge in [0.2, 0.25) is 0 Å². The lowest BCUT2D eigenvalue weighted by Crippen LogP contribution is -2.39. The topological polar surface area (TPSA) is 84.6 Å². The zero-order valence-electron chi connectivity index (χ0n) is 20.3. The summed E-state index contributed by atoms with van der Waals surface area (Å²) in [5.41, 5.74) is -0.428. The van der Waals surface area contributed by atoms with E-state index in [0.29, 0.717) is 49.9 Å². The molecule has 3 heterocycles. The van der Waals surface area contributed by atoms with E-state index in [4.69, 9.17) is 0 Å². The summed E-state index contributed by atoms with van der Waals surface area (Å²) in [6.07, 6.45) is -2.45. The van der Waals surface area contributed by atoms with Crippen LogP contribution in [-0.4, -0.2) is 65.0 Å². The zero-order valence-corrected chi connectivity index (χ0v) is 21.1. The number of nitrogens with zero attached hydrogens (tertiary/aromatic N) is 4. The quantitative estimate of drug-likeness (QED) is 0.328. The fourth-order valence-corrected chi connectivity index (χ4v) is 6.99. The molecular weight excluding hydrogens is 528 g/mol. The van der Waals surface area contributed by atoms with E-state index in [2.05, 4.69) is 4.90 Å². The molecule has 0 aliphatic carbocycles. The molecule has 2 aliphatic rings. The van der Waals surface area contributed by atoms with Crippen LogP contribution in [0, 0.1) is 5.82 Å². The molecule has 1 aromatic heterocycles. The molecule has 0 N–H and O–H groups in total. The minimum Gasteiger partial charge on any atom is -0.303 e. The standard InChI is InChI=1S/C25H26F4N4O4S/c26-17-7-8-20-21(15-17)31(16-25(27,28)29)24(35)33(20)18-9-13-30(14-10-18)11-3-4-12-32-23(34)19-5-1-2-6-22(19)38(32,36)37/h1-2,5-8,15,18H,3-4,9-14,16H2. The van der Waals surface area contributed by atoms with Gasteiger partial charge >= 0.3 is 11.9 Å². The molecule has 2 aromatic carbocycles. The number of hydrogen-bond acceptors (Lipinski definition) is 5. The Hall–Kier alpha value is -3.19. The number of rotatable bonds is 7. The number of alkyl halides is 3. The van der Waals surface area contributed by atoms with Gasteiger partial charge in [0.25, 0.3) is 15.9 Å². The highest BCUT2D eigenvalue weighted by Crippen LogP contribution is 2.31. The Bertz CT molecular complexity index is 1540. The number of aromatic nitrogens is 2. The van der Waals surface area contributed by atoms with Crippen LogP contribution in [0.25, 0.3) is 11.0 Å². The van der Waals surface area contributed by atoms with Crippen molar-refractivity contribution in [3.05, 3.63) is 64.3 Å². The molecule has 13 heteroatoms. The first-order valence-electron chi connectivity index (χ1n) is 12.3. The maximum absolute atomic E-state index is 13.8. The average molecular weight is 555 g/mol. The normalized spacial score (nSPS) is 18.4. The van der Waals surface area contributed by atoms with Crippen molar-refractivity contribution in [3.8, 4) is 0 Å². The highest BCUT2D eigenvalue weighted by Gasteiger charge is 2.40. The van der Waals surface area contributed by atoms with Crippen LogP contribution in [0.15, 0.2) is 52.2 Å². The molecule has 0 radical (unpaired) electrons. The molecular formula is C25H26F4N4O4S. The number of likely N-dealkylation sites (tertiary alicyclic amines) is 1. The SMILES string of the molecule is O=C1c2ccccc2S(=O)(=O)N1CCCCN1CCC(n2c(=O)n(CC(F)(F)F)c3cc(F)ccc32)CC1. The van der Waals surface area contributed by atoms with Gasteiger partial charge in [0.05, 0.1) is 16.6 Å². The van der Waals surface area contributed by atoms with Crippen LogP contribution < -0.4 is 5.69 Å². The molecule has 1 fully saturated rings. The Kier molecular flexibility index (Phi) is 6.84. The van der Waals surface area contributed by atoms with Crippen molar-refractivity contribution in [1.29, 1.82) is 0 Å². The van der Waals surface area contributed by atoms with E-state index in [-0.39, 0.29) is 34.1 Å². The molecule has 0 bridgehead atoms. The second-order valence-electron chi connectivity index (χ2n) is 9.65. The van der Waals surface area contributed by atoms with E-state index in [1.165, 1.54) is 22.8 Å². The Labute approximate surface area is 216 Å².